The highest BCUT2D eigenvalue weighted by Crippen LogP contribution is 2.17. The van der Waals surface area contributed by atoms with Gasteiger partial charge in [0, 0.05) is 54.1 Å². The zero-order chi connectivity index (χ0) is 28.0. The lowest BCUT2D eigenvalue weighted by Crippen LogP contribution is -2.21. The molecule has 1 aromatic carbocycles. The number of aliphatic imine (C=N–C) groups is 2. The maximum Gasteiger partial charge on any atom is 0.429 e. The first-order chi connectivity index (χ1) is 17.0. The molecule has 0 fully saturated rings. The lowest BCUT2D eigenvalue weighted by molar-refractivity contribution is -0.0591. The van der Waals surface area contributed by atoms with Gasteiger partial charge < -0.3 is 11.1 Å². The number of alkyl halides is 3. The van der Waals surface area contributed by atoms with Crippen molar-refractivity contribution in [2.24, 2.45) is 15.7 Å². The van der Waals surface area contributed by atoms with Gasteiger partial charge in [-0.05, 0) is 52.3 Å². The van der Waals surface area contributed by atoms with E-state index >= 15 is 0 Å². The Hall–Kier alpha value is -2.49. The molecule has 5 nitrogen and oxygen atoms in total. The van der Waals surface area contributed by atoms with Crippen LogP contribution in [-0.2, 0) is 0 Å². The molecule has 36 heavy (non-hydrogen) atoms. The lowest BCUT2D eigenvalue weighted by atomic mass is 10.1. The van der Waals surface area contributed by atoms with Crippen LogP contribution in [0.25, 0.3) is 10.8 Å². The second kappa shape index (κ2) is 21.8. The Morgan fingerprint density at radius 1 is 1.14 bits per heavy atom. The van der Waals surface area contributed by atoms with Crippen LogP contribution in [0.1, 0.15) is 53.5 Å². The van der Waals surface area contributed by atoms with Crippen molar-refractivity contribution in [1.29, 1.82) is 0 Å². The molecule has 0 aliphatic carbocycles. The van der Waals surface area contributed by atoms with E-state index in [2.05, 4.69) is 52.1 Å². The summed E-state index contributed by atoms with van der Waals surface area (Å²) >= 11 is 1.70. The Labute approximate surface area is 219 Å². The van der Waals surface area contributed by atoms with Crippen molar-refractivity contribution >= 4 is 35.0 Å². The molecule has 0 radical (unpaired) electrons. The molecule has 3 N–H and O–H groups in total. The largest absolute Gasteiger partial charge is 0.429 e. The summed E-state index contributed by atoms with van der Waals surface area (Å²) in [6, 6.07) is 8.39. The van der Waals surface area contributed by atoms with E-state index in [1.54, 1.807) is 24.9 Å². The highest BCUT2D eigenvalue weighted by atomic mass is 32.2. The van der Waals surface area contributed by atoms with Gasteiger partial charge in [-0.15, -0.1) is 11.8 Å². The van der Waals surface area contributed by atoms with Gasteiger partial charge in [-0.1, -0.05) is 50.1 Å². The number of nitrogens with one attached hydrogen (secondary N) is 1. The summed E-state index contributed by atoms with van der Waals surface area (Å²) in [5.74, 6) is 0.884. The average Bonchev–Trinajstić information content (AvgIpc) is 2.86. The van der Waals surface area contributed by atoms with Crippen LogP contribution in [0, 0.1) is 6.92 Å². The first-order valence-corrected chi connectivity index (χ1v) is 12.8. The van der Waals surface area contributed by atoms with Crippen molar-refractivity contribution in [2.75, 3.05) is 19.0 Å². The molecule has 9 heteroatoms. The summed E-state index contributed by atoms with van der Waals surface area (Å²) in [6.45, 7) is 17.6. The van der Waals surface area contributed by atoms with Crippen molar-refractivity contribution in [3.63, 3.8) is 0 Å². The van der Waals surface area contributed by atoms with Gasteiger partial charge in [-0.2, -0.15) is 13.2 Å². The van der Waals surface area contributed by atoms with Gasteiger partial charge in [0.05, 0.1) is 0 Å². The monoisotopic (exact) mass is 525 g/mol. The van der Waals surface area contributed by atoms with Gasteiger partial charge >= 0.3 is 6.18 Å². The molecular weight excluding hydrogens is 483 g/mol. The van der Waals surface area contributed by atoms with E-state index in [-0.39, 0.29) is 0 Å². The Morgan fingerprint density at radius 2 is 1.81 bits per heavy atom. The van der Waals surface area contributed by atoms with Crippen LogP contribution in [-0.4, -0.2) is 42.6 Å². The van der Waals surface area contributed by atoms with E-state index in [0.717, 1.165) is 29.8 Å². The minimum absolute atomic E-state index is 0.684. The van der Waals surface area contributed by atoms with Crippen molar-refractivity contribution in [2.45, 2.75) is 61.1 Å². The molecule has 0 aliphatic rings. The number of aryl methyl sites for hydroxylation is 1. The second-order valence-electron chi connectivity index (χ2n) is 7.27. The first kappa shape index (κ1) is 35.7. The highest BCUT2D eigenvalue weighted by Gasteiger charge is 2.31. The Kier molecular flexibility index (Phi) is 21.6. The third-order valence-electron chi connectivity index (χ3n) is 4.24. The smallest absolute Gasteiger partial charge is 0.329 e. The van der Waals surface area contributed by atoms with Crippen molar-refractivity contribution < 1.29 is 13.2 Å². The van der Waals surface area contributed by atoms with Crippen LogP contribution >= 0.6 is 11.8 Å². The minimum Gasteiger partial charge on any atom is -0.329 e. The number of nitrogens with zero attached hydrogens (tertiary/aromatic N) is 3. The standard InChI is InChI=1S/C10H9N.C8H12F3N.C7H15N3S.C2H6/c1-8-2-3-10-7-11-5-4-9(10)6-8;1-4-6(2)5-12-7(3)8(9,10)11;1-7(5-9-2)11-6-10-4-3-8;1-2/h2-7H,1H3;5H,4H2,1-3H3;5,10H,2-4,6,8H2,1H3;1-2H3/b;6-5-,12-7?;7-5-;. The number of benzene rings is 1. The zero-order valence-electron chi connectivity index (χ0n) is 22.6. The Balaban J connectivity index is 0. The fourth-order valence-corrected chi connectivity index (χ4v) is 2.70. The molecular formula is C27H42F3N5S. The number of pyridine rings is 1. The summed E-state index contributed by atoms with van der Waals surface area (Å²) in [5, 5.41) is 5.63. The number of fused-ring (bicyclic) bond motifs is 1. The molecule has 0 unspecified atom stereocenters. The number of allylic oxidation sites excluding steroid dienone is 2. The summed E-state index contributed by atoms with van der Waals surface area (Å²) in [7, 11) is 0. The van der Waals surface area contributed by atoms with Gasteiger partial charge in [-0.3, -0.25) is 15.0 Å². The van der Waals surface area contributed by atoms with Crippen molar-refractivity contribution in [3.05, 3.63) is 65.1 Å². The van der Waals surface area contributed by atoms with Crippen LogP contribution in [0.5, 0.6) is 0 Å². The molecule has 0 saturated carbocycles. The van der Waals surface area contributed by atoms with Gasteiger partial charge in [0.15, 0.2) is 0 Å². The molecule has 0 bridgehead atoms. The molecule has 1 heterocycles. The van der Waals surface area contributed by atoms with Gasteiger partial charge in [0.1, 0.15) is 5.71 Å². The molecule has 0 saturated heterocycles. The number of hydrogen-bond donors (Lipinski definition) is 2. The number of thioether (sulfide) groups is 1. The average molecular weight is 526 g/mol. The summed E-state index contributed by atoms with van der Waals surface area (Å²) in [5.41, 5.74) is 6.61. The SMILES string of the molecule is C=N/C=C(/C)SCNCCN.CC.CC/C(C)=C\N=C(C)C(F)(F)F.Cc1ccc2cnccc2c1. The normalized spacial score (nSPS) is 11.9. The van der Waals surface area contributed by atoms with Crippen LogP contribution in [0.3, 0.4) is 0 Å². The first-order valence-electron chi connectivity index (χ1n) is 11.8. The maximum absolute atomic E-state index is 11.8. The Morgan fingerprint density at radius 3 is 2.36 bits per heavy atom. The van der Waals surface area contributed by atoms with Gasteiger partial charge in [0.2, 0.25) is 0 Å². The predicted octanol–water partition coefficient (Wildman–Crippen LogP) is 7.68. The molecule has 2 rings (SSSR count). The van der Waals surface area contributed by atoms with Crippen molar-refractivity contribution in [1.82, 2.24) is 10.3 Å². The molecule has 0 spiro atoms. The summed E-state index contributed by atoms with van der Waals surface area (Å²) in [4.78, 5) is 12.1. The quantitative estimate of drug-likeness (QED) is 0.211. The van der Waals surface area contributed by atoms with E-state index in [0.29, 0.717) is 13.0 Å². The number of aromatic nitrogens is 1. The number of hydrogen-bond acceptors (Lipinski definition) is 6. The summed E-state index contributed by atoms with van der Waals surface area (Å²) < 4.78 is 35.5. The van der Waals surface area contributed by atoms with E-state index in [1.165, 1.54) is 22.5 Å². The molecule has 1 aromatic heterocycles. The van der Waals surface area contributed by atoms with Gasteiger partial charge in [0.25, 0.3) is 0 Å². The number of halogens is 3. The molecule has 0 aliphatic heterocycles. The van der Waals surface area contributed by atoms with Crippen LogP contribution in [0.2, 0.25) is 0 Å². The number of nitrogens with two attached hydrogens (primary N) is 1. The predicted molar refractivity (Wildman–Crippen MR) is 154 cm³/mol. The maximum atomic E-state index is 11.8. The third-order valence-corrected chi connectivity index (χ3v) is 5.15. The van der Waals surface area contributed by atoms with Crippen molar-refractivity contribution in [3.8, 4) is 0 Å². The fraction of sp³-hybridized carbons (Fsp3) is 0.444. The topological polar surface area (TPSA) is 75.7 Å². The fourth-order valence-electron chi connectivity index (χ4n) is 2.08. The van der Waals surface area contributed by atoms with E-state index in [1.807, 2.05) is 46.2 Å². The van der Waals surface area contributed by atoms with Crippen LogP contribution in [0.15, 0.2) is 69.5 Å². The van der Waals surface area contributed by atoms with Gasteiger partial charge in [-0.25, -0.2) is 0 Å². The van der Waals surface area contributed by atoms with E-state index in [9.17, 15) is 13.2 Å². The summed E-state index contributed by atoms with van der Waals surface area (Å²) in [6.07, 6.45) is 3.12. The van der Waals surface area contributed by atoms with Crippen LogP contribution in [0.4, 0.5) is 13.2 Å². The third kappa shape index (κ3) is 18.8. The lowest BCUT2D eigenvalue weighted by Gasteiger charge is -2.03. The molecule has 0 amide bonds. The zero-order valence-corrected chi connectivity index (χ0v) is 23.4. The number of rotatable bonds is 8. The minimum atomic E-state index is -4.30. The highest BCUT2D eigenvalue weighted by molar-refractivity contribution is 8.02. The molecule has 2 aromatic rings. The van der Waals surface area contributed by atoms with E-state index < -0.39 is 11.9 Å². The van der Waals surface area contributed by atoms with Crippen LogP contribution < -0.4 is 11.1 Å². The molecule has 202 valence electrons. The molecule has 0 atom stereocenters. The van der Waals surface area contributed by atoms with E-state index in [4.69, 9.17) is 5.73 Å². The second-order valence-corrected chi connectivity index (χ2v) is 8.49. The Bertz CT molecular complexity index is 954.